The predicted molar refractivity (Wildman–Crippen MR) is 76.5 cm³/mol. The lowest BCUT2D eigenvalue weighted by molar-refractivity contribution is 0.0232. The van der Waals surface area contributed by atoms with Gasteiger partial charge in [0, 0.05) is 6.42 Å². The van der Waals surface area contributed by atoms with E-state index in [-0.39, 0.29) is 6.42 Å². The van der Waals surface area contributed by atoms with Crippen LogP contribution in [0, 0.1) is 17.6 Å². The van der Waals surface area contributed by atoms with Gasteiger partial charge < -0.3 is 5.11 Å². The fourth-order valence-corrected chi connectivity index (χ4v) is 3.38. The van der Waals surface area contributed by atoms with E-state index >= 15 is 0 Å². The van der Waals surface area contributed by atoms with Gasteiger partial charge >= 0.3 is 0 Å². The molecule has 0 aromatic heterocycles. The summed E-state index contributed by atoms with van der Waals surface area (Å²) in [6.45, 7) is 2.18. The van der Waals surface area contributed by atoms with Gasteiger partial charge in [0.2, 0.25) is 0 Å². The van der Waals surface area contributed by atoms with Crippen LogP contribution in [-0.4, -0.2) is 10.7 Å². The molecular weight excluding hydrogens is 258 g/mol. The Morgan fingerprint density at radius 3 is 2.80 bits per heavy atom. The van der Waals surface area contributed by atoms with Gasteiger partial charge in [-0.1, -0.05) is 44.7 Å². The zero-order valence-corrected chi connectivity index (χ0v) is 12.2. The molecule has 112 valence electrons. The second-order valence-corrected chi connectivity index (χ2v) is 6.20. The molecule has 1 aromatic carbocycles. The maximum absolute atomic E-state index is 13.7. The minimum Gasteiger partial charge on any atom is -0.390 e. The molecule has 2 atom stereocenters. The Labute approximate surface area is 120 Å². The number of benzene rings is 1. The Hall–Kier alpha value is -0.960. The van der Waals surface area contributed by atoms with Crippen LogP contribution in [0.1, 0.15) is 57.4 Å². The van der Waals surface area contributed by atoms with Crippen LogP contribution in [0.15, 0.2) is 18.2 Å². The molecule has 1 aliphatic rings. The third-order valence-electron chi connectivity index (χ3n) is 4.52. The van der Waals surface area contributed by atoms with Crippen LogP contribution >= 0.6 is 0 Å². The lowest BCUT2D eigenvalue weighted by Crippen LogP contribution is -2.31. The summed E-state index contributed by atoms with van der Waals surface area (Å²) in [5, 5.41) is 10.7. The Bertz CT molecular complexity index is 447. The van der Waals surface area contributed by atoms with Crippen molar-refractivity contribution in [3.8, 4) is 0 Å². The van der Waals surface area contributed by atoms with E-state index in [1.54, 1.807) is 6.07 Å². The van der Waals surface area contributed by atoms with E-state index in [1.165, 1.54) is 18.9 Å². The van der Waals surface area contributed by atoms with Crippen molar-refractivity contribution in [1.29, 1.82) is 0 Å². The van der Waals surface area contributed by atoms with Crippen molar-refractivity contribution < 1.29 is 13.9 Å². The Morgan fingerprint density at radius 2 is 2.05 bits per heavy atom. The molecule has 0 saturated heterocycles. The first-order chi connectivity index (χ1) is 9.54. The normalized spacial score (nSPS) is 27.3. The van der Waals surface area contributed by atoms with E-state index in [0.29, 0.717) is 24.3 Å². The molecule has 2 unspecified atom stereocenters. The standard InChI is InChI=1S/C17H24F2O/c1-2-5-13-6-4-10-17(20,11-9-13)12-14-7-3-8-15(18)16(14)19/h3,7-8,13,20H,2,4-6,9-12H2,1H3. The Balaban J connectivity index is 2.05. The van der Waals surface area contributed by atoms with Crippen LogP contribution in [0.3, 0.4) is 0 Å². The lowest BCUT2D eigenvalue weighted by Gasteiger charge is -2.27. The monoisotopic (exact) mass is 282 g/mol. The summed E-state index contributed by atoms with van der Waals surface area (Å²) in [6, 6.07) is 4.20. The van der Waals surface area contributed by atoms with Crippen molar-refractivity contribution in [2.75, 3.05) is 0 Å². The minimum absolute atomic E-state index is 0.218. The lowest BCUT2D eigenvalue weighted by atomic mass is 9.86. The number of halogens is 2. The molecule has 0 radical (unpaired) electrons. The van der Waals surface area contributed by atoms with Crippen LogP contribution in [0.4, 0.5) is 8.78 Å². The van der Waals surface area contributed by atoms with E-state index in [9.17, 15) is 13.9 Å². The van der Waals surface area contributed by atoms with Gasteiger partial charge in [0.15, 0.2) is 11.6 Å². The van der Waals surface area contributed by atoms with Crippen LogP contribution in [0.25, 0.3) is 0 Å². The summed E-state index contributed by atoms with van der Waals surface area (Å²) in [4.78, 5) is 0. The van der Waals surface area contributed by atoms with Gasteiger partial charge in [0.1, 0.15) is 0 Å². The summed E-state index contributed by atoms with van der Waals surface area (Å²) in [5.41, 5.74) is -0.585. The number of hydrogen-bond donors (Lipinski definition) is 1. The average molecular weight is 282 g/mol. The molecular formula is C17H24F2O. The van der Waals surface area contributed by atoms with Crippen molar-refractivity contribution in [2.45, 2.75) is 63.9 Å². The Kier molecular flexibility index (Phi) is 5.14. The second-order valence-electron chi connectivity index (χ2n) is 6.20. The first-order valence-electron chi connectivity index (χ1n) is 7.69. The van der Waals surface area contributed by atoms with E-state index in [1.807, 2.05) is 0 Å². The van der Waals surface area contributed by atoms with E-state index < -0.39 is 17.2 Å². The van der Waals surface area contributed by atoms with Crippen molar-refractivity contribution in [1.82, 2.24) is 0 Å². The minimum atomic E-state index is -0.878. The molecule has 1 nitrogen and oxygen atoms in total. The van der Waals surface area contributed by atoms with Gasteiger partial charge in [-0.25, -0.2) is 8.78 Å². The van der Waals surface area contributed by atoms with Crippen LogP contribution in [0.5, 0.6) is 0 Å². The van der Waals surface area contributed by atoms with Crippen molar-refractivity contribution in [3.05, 3.63) is 35.4 Å². The van der Waals surface area contributed by atoms with Crippen molar-refractivity contribution in [2.24, 2.45) is 5.92 Å². The number of aliphatic hydroxyl groups is 1. The maximum atomic E-state index is 13.7. The summed E-state index contributed by atoms with van der Waals surface area (Å²) >= 11 is 0. The topological polar surface area (TPSA) is 20.2 Å². The van der Waals surface area contributed by atoms with Gasteiger partial charge in [-0.15, -0.1) is 0 Å². The van der Waals surface area contributed by atoms with Gasteiger partial charge in [-0.05, 0) is 36.8 Å². The zero-order valence-electron chi connectivity index (χ0n) is 12.2. The smallest absolute Gasteiger partial charge is 0.162 e. The SMILES string of the molecule is CCCC1CCCC(O)(Cc2cccc(F)c2F)CC1. The summed E-state index contributed by atoms with van der Waals surface area (Å²) < 4.78 is 27.0. The van der Waals surface area contributed by atoms with E-state index in [2.05, 4.69) is 6.92 Å². The molecule has 1 aromatic rings. The highest BCUT2D eigenvalue weighted by Gasteiger charge is 2.31. The van der Waals surface area contributed by atoms with Crippen molar-refractivity contribution in [3.63, 3.8) is 0 Å². The molecule has 0 spiro atoms. The third kappa shape index (κ3) is 3.78. The van der Waals surface area contributed by atoms with Crippen LogP contribution < -0.4 is 0 Å². The molecule has 1 N–H and O–H groups in total. The second kappa shape index (κ2) is 6.66. The summed E-state index contributed by atoms with van der Waals surface area (Å²) in [6.07, 6.45) is 7.05. The van der Waals surface area contributed by atoms with Crippen LogP contribution in [0.2, 0.25) is 0 Å². The first-order valence-corrected chi connectivity index (χ1v) is 7.69. The molecule has 0 bridgehead atoms. The van der Waals surface area contributed by atoms with Gasteiger partial charge in [-0.3, -0.25) is 0 Å². The predicted octanol–water partition coefficient (Wildman–Crippen LogP) is 4.62. The molecule has 1 fully saturated rings. The summed E-state index contributed by atoms with van der Waals surface area (Å²) in [5.74, 6) is -0.967. The molecule has 3 heteroatoms. The molecule has 1 saturated carbocycles. The van der Waals surface area contributed by atoms with E-state index in [4.69, 9.17) is 0 Å². The molecule has 2 rings (SSSR count). The number of hydrogen-bond acceptors (Lipinski definition) is 1. The number of rotatable bonds is 4. The first kappa shape index (κ1) is 15.4. The average Bonchev–Trinajstić information content (AvgIpc) is 2.59. The fourth-order valence-electron chi connectivity index (χ4n) is 3.38. The fraction of sp³-hybridized carbons (Fsp3) is 0.647. The highest BCUT2D eigenvalue weighted by atomic mass is 19.2. The highest BCUT2D eigenvalue weighted by Crippen LogP contribution is 2.35. The molecule has 20 heavy (non-hydrogen) atoms. The van der Waals surface area contributed by atoms with Gasteiger partial charge in [0.05, 0.1) is 5.60 Å². The van der Waals surface area contributed by atoms with E-state index in [0.717, 1.165) is 25.3 Å². The molecule has 0 amide bonds. The Morgan fingerprint density at radius 1 is 1.25 bits per heavy atom. The van der Waals surface area contributed by atoms with Gasteiger partial charge in [0.25, 0.3) is 0 Å². The zero-order chi connectivity index (χ0) is 14.6. The van der Waals surface area contributed by atoms with Crippen molar-refractivity contribution >= 4 is 0 Å². The third-order valence-corrected chi connectivity index (χ3v) is 4.52. The molecule has 1 aliphatic carbocycles. The van der Waals surface area contributed by atoms with Crippen LogP contribution in [-0.2, 0) is 6.42 Å². The largest absolute Gasteiger partial charge is 0.390 e. The van der Waals surface area contributed by atoms with Gasteiger partial charge in [-0.2, -0.15) is 0 Å². The quantitative estimate of drug-likeness (QED) is 0.799. The highest BCUT2D eigenvalue weighted by molar-refractivity contribution is 5.21. The molecule has 0 heterocycles. The molecule has 0 aliphatic heterocycles. The maximum Gasteiger partial charge on any atom is 0.162 e. The summed E-state index contributed by atoms with van der Waals surface area (Å²) in [7, 11) is 0.